The van der Waals surface area contributed by atoms with Gasteiger partial charge in [0, 0.05) is 6.54 Å². The molecule has 2 aromatic rings. The number of amides is 4. The molecule has 1 fully saturated rings. The van der Waals surface area contributed by atoms with Crippen LogP contribution in [0.5, 0.6) is 0 Å². The highest BCUT2D eigenvalue weighted by molar-refractivity contribution is 6.09. The normalized spacial score (nSPS) is 18.6. The number of carbonyl (C=O) groups is 3. The summed E-state index contributed by atoms with van der Waals surface area (Å²) in [5, 5.41) is 5.65. The van der Waals surface area contributed by atoms with Crippen LogP contribution in [0.25, 0.3) is 0 Å². The van der Waals surface area contributed by atoms with E-state index in [1.165, 1.54) is 5.56 Å². The molecule has 2 N–H and O–H groups in total. The van der Waals surface area contributed by atoms with Crippen molar-refractivity contribution < 1.29 is 14.4 Å². The van der Waals surface area contributed by atoms with Crippen LogP contribution in [0.2, 0.25) is 0 Å². The molecule has 1 saturated heterocycles. The first kappa shape index (κ1) is 20.6. The molecule has 0 aliphatic carbocycles. The van der Waals surface area contributed by atoms with E-state index >= 15 is 0 Å². The average Bonchev–Trinajstić information content (AvgIpc) is 2.95. The number of urea groups is 1. The van der Waals surface area contributed by atoms with Crippen LogP contribution in [0.4, 0.5) is 4.79 Å². The predicted octanol–water partition coefficient (Wildman–Crippen LogP) is 2.90. The van der Waals surface area contributed by atoms with Crippen molar-refractivity contribution in [2.24, 2.45) is 0 Å². The molecule has 0 spiro atoms. The second kappa shape index (κ2) is 8.90. The number of nitrogens with one attached hydrogen (secondary N) is 2. The summed E-state index contributed by atoms with van der Waals surface area (Å²) >= 11 is 0. The lowest BCUT2D eigenvalue weighted by Gasteiger charge is -2.26. The second-order valence-electron chi connectivity index (χ2n) is 7.37. The van der Waals surface area contributed by atoms with Gasteiger partial charge in [-0.25, -0.2) is 4.79 Å². The summed E-state index contributed by atoms with van der Waals surface area (Å²) in [6, 6.07) is 16.7. The molecule has 0 bridgehead atoms. The summed E-state index contributed by atoms with van der Waals surface area (Å²) < 4.78 is 0. The van der Waals surface area contributed by atoms with Gasteiger partial charge < -0.3 is 10.6 Å². The number of carbonyl (C=O) groups excluding carboxylic acids is 3. The smallest absolute Gasteiger partial charge is 0.325 e. The summed E-state index contributed by atoms with van der Waals surface area (Å²) in [5.41, 5.74) is 1.97. The van der Waals surface area contributed by atoms with E-state index in [4.69, 9.17) is 0 Å². The van der Waals surface area contributed by atoms with Crippen LogP contribution < -0.4 is 10.6 Å². The van der Waals surface area contributed by atoms with Gasteiger partial charge in [0.1, 0.15) is 12.1 Å². The summed E-state index contributed by atoms with van der Waals surface area (Å²) in [4.78, 5) is 39.1. The molecule has 0 saturated carbocycles. The fraction of sp³-hybridized carbons (Fsp3) is 0.348. The molecule has 0 aromatic heterocycles. The molecule has 0 radical (unpaired) electrons. The maximum Gasteiger partial charge on any atom is 0.325 e. The molecule has 1 heterocycles. The van der Waals surface area contributed by atoms with Gasteiger partial charge in [0.2, 0.25) is 5.91 Å². The van der Waals surface area contributed by atoms with Gasteiger partial charge in [0.05, 0.1) is 0 Å². The van der Waals surface area contributed by atoms with E-state index in [1.807, 2.05) is 68.4 Å². The Labute approximate surface area is 171 Å². The number of hydrogen-bond donors (Lipinski definition) is 2. The molecular weight excluding hydrogens is 366 g/mol. The lowest BCUT2D eigenvalue weighted by Crippen LogP contribution is -2.45. The Morgan fingerprint density at radius 3 is 2.45 bits per heavy atom. The largest absolute Gasteiger partial charge is 0.354 e. The minimum absolute atomic E-state index is 0.281. The average molecular weight is 393 g/mol. The number of imide groups is 1. The molecule has 2 aromatic carbocycles. The minimum atomic E-state index is -1.10. The van der Waals surface area contributed by atoms with Gasteiger partial charge in [0.25, 0.3) is 5.91 Å². The standard InChI is InChI=1S/C23H27N3O3/c1-3-14-23(19-11-5-4-6-12-19)21(28)26(22(29)25-23)16-20(27)24-15-13-18-10-8-7-9-17(18)2/h4-12H,3,13-16H2,1-2H3,(H,24,27)(H,25,29)/t23-/m1/s1. The zero-order valence-electron chi connectivity index (χ0n) is 16.9. The summed E-state index contributed by atoms with van der Waals surface area (Å²) in [7, 11) is 0. The van der Waals surface area contributed by atoms with Crippen molar-refractivity contribution in [2.75, 3.05) is 13.1 Å². The Kier molecular flexibility index (Phi) is 6.32. The first-order valence-corrected chi connectivity index (χ1v) is 9.99. The van der Waals surface area contributed by atoms with Gasteiger partial charge in [-0.3, -0.25) is 14.5 Å². The van der Waals surface area contributed by atoms with Crippen LogP contribution in [0, 0.1) is 6.92 Å². The Morgan fingerprint density at radius 1 is 1.07 bits per heavy atom. The molecule has 6 nitrogen and oxygen atoms in total. The van der Waals surface area contributed by atoms with Crippen molar-refractivity contribution in [2.45, 2.75) is 38.6 Å². The highest BCUT2D eigenvalue weighted by atomic mass is 16.2. The van der Waals surface area contributed by atoms with Crippen LogP contribution in [0.1, 0.15) is 36.5 Å². The maximum absolute atomic E-state index is 13.2. The summed E-state index contributed by atoms with van der Waals surface area (Å²) in [6.07, 6.45) is 1.90. The van der Waals surface area contributed by atoms with Crippen LogP contribution in [0.15, 0.2) is 54.6 Å². The van der Waals surface area contributed by atoms with E-state index in [-0.39, 0.29) is 18.4 Å². The lowest BCUT2D eigenvalue weighted by molar-refractivity contribution is -0.135. The van der Waals surface area contributed by atoms with E-state index in [1.54, 1.807) is 0 Å². The van der Waals surface area contributed by atoms with Crippen molar-refractivity contribution in [3.63, 3.8) is 0 Å². The highest BCUT2D eigenvalue weighted by Crippen LogP contribution is 2.33. The molecule has 0 unspecified atom stereocenters. The van der Waals surface area contributed by atoms with E-state index in [0.717, 1.165) is 22.4 Å². The molecule has 1 atom stereocenters. The highest BCUT2D eigenvalue weighted by Gasteiger charge is 2.52. The third kappa shape index (κ3) is 4.31. The quantitative estimate of drug-likeness (QED) is 0.677. The van der Waals surface area contributed by atoms with Crippen molar-refractivity contribution >= 4 is 17.8 Å². The molecule has 29 heavy (non-hydrogen) atoms. The minimum Gasteiger partial charge on any atom is -0.354 e. The topological polar surface area (TPSA) is 78.5 Å². The van der Waals surface area contributed by atoms with Gasteiger partial charge in [-0.1, -0.05) is 67.9 Å². The van der Waals surface area contributed by atoms with Crippen LogP contribution >= 0.6 is 0 Å². The van der Waals surface area contributed by atoms with Gasteiger partial charge in [-0.15, -0.1) is 0 Å². The second-order valence-corrected chi connectivity index (χ2v) is 7.37. The maximum atomic E-state index is 13.2. The fourth-order valence-corrected chi connectivity index (χ4v) is 3.80. The first-order valence-electron chi connectivity index (χ1n) is 9.99. The molecule has 3 rings (SSSR count). The molecule has 1 aliphatic rings. The van der Waals surface area contributed by atoms with Gasteiger partial charge in [0.15, 0.2) is 0 Å². The van der Waals surface area contributed by atoms with E-state index in [2.05, 4.69) is 10.6 Å². The Morgan fingerprint density at radius 2 is 1.76 bits per heavy atom. The van der Waals surface area contributed by atoms with Crippen molar-refractivity contribution in [3.05, 3.63) is 71.3 Å². The number of aryl methyl sites for hydroxylation is 1. The number of benzene rings is 2. The number of rotatable bonds is 8. The van der Waals surface area contributed by atoms with Crippen LogP contribution in [-0.2, 0) is 21.5 Å². The Balaban J connectivity index is 1.65. The summed E-state index contributed by atoms with van der Waals surface area (Å²) in [5.74, 6) is -0.716. The predicted molar refractivity (Wildman–Crippen MR) is 111 cm³/mol. The third-order valence-electron chi connectivity index (χ3n) is 5.35. The zero-order valence-corrected chi connectivity index (χ0v) is 16.9. The molecule has 152 valence electrons. The zero-order chi connectivity index (χ0) is 20.9. The SMILES string of the molecule is CCC[C@]1(c2ccccc2)NC(=O)N(CC(=O)NCCc2ccccc2C)C1=O. The monoisotopic (exact) mass is 393 g/mol. The van der Waals surface area contributed by atoms with Crippen LogP contribution in [-0.4, -0.2) is 35.8 Å². The molecular formula is C23H27N3O3. The molecule has 6 heteroatoms. The third-order valence-corrected chi connectivity index (χ3v) is 5.35. The Bertz CT molecular complexity index is 897. The fourth-order valence-electron chi connectivity index (χ4n) is 3.80. The van der Waals surface area contributed by atoms with Gasteiger partial charge >= 0.3 is 6.03 Å². The lowest BCUT2D eigenvalue weighted by atomic mass is 9.85. The number of hydrogen-bond acceptors (Lipinski definition) is 3. The van der Waals surface area contributed by atoms with Gasteiger partial charge in [-0.05, 0) is 36.5 Å². The first-order chi connectivity index (χ1) is 14.0. The molecule has 4 amide bonds. The Hall–Kier alpha value is -3.15. The van der Waals surface area contributed by atoms with E-state index in [0.29, 0.717) is 19.4 Å². The van der Waals surface area contributed by atoms with Crippen molar-refractivity contribution in [1.29, 1.82) is 0 Å². The van der Waals surface area contributed by atoms with Crippen LogP contribution in [0.3, 0.4) is 0 Å². The van der Waals surface area contributed by atoms with E-state index in [9.17, 15) is 14.4 Å². The van der Waals surface area contributed by atoms with Crippen molar-refractivity contribution in [1.82, 2.24) is 15.5 Å². The molecule has 1 aliphatic heterocycles. The van der Waals surface area contributed by atoms with Crippen molar-refractivity contribution in [3.8, 4) is 0 Å². The van der Waals surface area contributed by atoms with E-state index < -0.39 is 11.6 Å². The number of nitrogens with zero attached hydrogens (tertiary/aromatic N) is 1. The summed E-state index contributed by atoms with van der Waals surface area (Å²) in [6.45, 7) is 4.16. The van der Waals surface area contributed by atoms with Gasteiger partial charge in [-0.2, -0.15) is 0 Å².